The zero-order valence-electron chi connectivity index (χ0n) is 26.7. The number of ether oxygens (including phenoxy) is 4. The number of aliphatic hydroxyl groups is 1. The molecule has 0 aliphatic rings. The van der Waals surface area contributed by atoms with Gasteiger partial charge in [-0.25, -0.2) is 0 Å². The Morgan fingerprint density at radius 1 is 0.500 bits per heavy atom. The van der Waals surface area contributed by atoms with Crippen LogP contribution in [0, 0.1) is 0 Å². The van der Waals surface area contributed by atoms with Crippen molar-refractivity contribution in [1.82, 2.24) is 9.80 Å². The molecule has 0 heterocycles. The van der Waals surface area contributed by atoms with E-state index in [9.17, 15) is 24.3 Å². The number of hydrogen-bond acceptors (Lipinski definition) is 11. The van der Waals surface area contributed by atoms with Crippen molar-refractivity contribution < 1.29 is 43.2 Å². The number of aliphatic hydroxyl groups excluding tert-OH is 1. The van der Waals surface area contributed by atoms with Gasteiger partial charge in [0, 0.05) is 39.3 Å². The minimum absolute atomic E-state index is 0.137. The van der Waals surface area contributed by atoms with Gasteiger partial charge in [0.25, 0.3) is 0 Å². The Balaban J connectivity index is 5.15. The Morgan fingerprint density at radius 2 is 0.738 bits per heavy atom. The third kappa shape index (κ3) is 24.4. The molecule has 0 saturated heterocycles. The second kappa shape index (κ2) is 27.6. The van der Waals surface area contributed by atoms with Gasteiger partial charge in [-0.05, 0) is 25.7 Å². The van der Waals surface area contributed by atoms with Crippen molar-refractivity contribution in [3.63, 3.8) is 0 Å². The van der Waals surface area contributed by atoms with Gasteiger partial charge in [0.2, 0.25) is 0 Å². The summed E-state index contributed by atoms with van der Waals surface area (Å²) in [6.45, 7) is 11.2. The Bertz CT molecular complexity index is 611. The van der Waals surface area contributed by atoms with Crippen molar-refractivity contribution in [3.05, 3.63) is 0 Å². The van der Waals surface area contributed by atoms with Gasteiger partial charge in [-0.1, -0.05) is 53.4 Å². The van der Waals surface area contributed by atoms with E-state index in [1.807, 2.05) is 37.5 Å². The molecule has 11 nitrogen and oxygen atoms in total. The fourth-order valence-electron chi connectivity index (χ4n) is 3.85. The highest BCUT2D eigenvalue weighted by molar-refractivity contribution is 5.71. The van der Waals surface area contributed by atoms with Crippen LogP contribution in [0.25, 0.3) is 0 Å². The smallest absolute Gasteiger partial charge is 0.307 e. The van der Waals surface area contributed by atoms with E-state index in [1.54, 1.807) is 0 Å². The molecular formula is C31H58N2O9. The summed E-state index contributed by atoms with van der Waals surface area (Å²) in [5.74, 6) is -1.28. The minimum atomic E-state index is -0.857. The number of rotatable bonds is 28. The maximum absolute atomic E-state index is 12.2. The van der Waals surface area contributed by atoms with Crippen molar-refractivity contribution in [3.8, 4) is 0 Å². The Labute approximate surface area is 253 Å². The van der Waals surface area contributed by atoms with E-state index in [0.29, 0.717) is 52.6 Å². The van der Waals surface area contributed by atoms with Crippen LogP contribution < -0.4 is 0 Å². The van der Waals surface area contributed by atoms with Gasteiger partial charge in [0.1, 0.15) is 0 Å². The predicted molar refractivity (Wildman–Crippen MR) is 161 cm³/mol. The molecule has 0 spiro atoms. The van der Waals surface area contributed by atoms with Gasteiger partial charge >= 0.3 is 23.9 Å². The van der Waals surface area contributed by atoms with Crippen molar-refractivity contribution in [2.45, 2.75) is 111 Å². The van der Waals surface area contributed by atoms with Crippen molar-refractivity contribution in [1.29, 1.82) is 0 Å². The van der Waals surface area contributed by atoms with Gasteiger partial charge in [-0.3, -0.25) is 29.0 Å². The average Bonchev–Trinajstić information content (AvgIpc) is 2.96. The van der Waals surface area contributed by atoms with Crippen LogP contribution in [0.3, 0.4) is 0 Å². The molecule has 0 aliphatic carbocycles. The molecule has 0 fully saturated rings. The lowest BCUT2D eigenvalue weighted by molar-refractivity contribution is -0.145. The first-order valence-corrected chi connectivity index (χ1v) is 16.0. The molecule has 0 rings (SSSR count). The maximum atomic E-state index is 12.2. The fraction of sp³-hybridized carbons (Fsp3) is 0.871. The molecule has 0 amide bonds. The summed E-state index contributed by atoms with van der Waals surface area (Å²) >= 11 is 0. The third-order valence-electron chi connectivity index (χ3n) is 6.51. The molecule has 0 saturated carbocycles. The lowest BCUT2D eigenvalue weighted by Gasteiger charge is -2.29. The zero-order chi connectivity index (χ0) is 31.4. The quantitative estimate of drug-likeness (QED) is 0.0795. The highest BCUT2D eigenvalue weighted by Gasteiger charge is 2.20. The Kier molecular flexibility index (Phi) is 26.1. The summed E-state index contributed by atoms with van der Waals surface area (Å²) in [5, 5.41) is 11.0. The largest absolute Gasteiger partial charge is 0.466 e. The number of esters is 4. The molecule has 0 radical (unpaired) electrons. The van der Waals surface area contributed by atoms with E-state index in [0.717, 1.165) is 51.4 Å². The molecular weight excluding hydrogens is 544 g/mol. The summed E-state index contributed by atoms with van der Waals surface area (Å²) in [6.07, 6.45) is 6.58. The van der Waals surface area contributed by atoms with Crippen molar-refractivity contribution >= 4 is 23.9 Å². The molecule has 0 aliphatic heterocycles. The summed E-state index contributed by atoms with van der Waals surface area (Å²) in [6, 6.07) is 0. The molecule has 246 valence electrons. The van der Waals surface area contributed by atoms with Crippen LogP contribution in [0.4, 0.5) is 0 Å². The standard InChI is InChI=1S/C31H58N2O9/c1-5-9-21-39-28(35)13-17-32(18-14-29(36)40-22-10-6-2)25-27(34)26-33(19-15-30(37)41-23-11-7-3)20-16-31(38)42-24-12-8-4/h27,34H,5-26H2,1-4H3. The number of carbonyl (C=O) groups is 4. The Morgan fingerprint density at radius 3 is 0.952 bits per heavy atom. The fourth-order valence-corrected chi connectivity index (χ4v) is 3.85. The monoisotopic (exact) mass is 602 g/mol. The first kappa shape index (κ1) is 39.8. The maximum Gasteiger partial charge on any atom is 0.307 e. The van der Waals surface area contributed by atoms with Crippen LogP contribution in [0.15, 0.2) is 0 Å². The van der Waals surface area contributed by atoms with Gasteiger partial charge in [0.15, 0.2) is 0 Å². The SMILES string of the molecule is CCCCOC(=O)CCN(CCC(=O)OCCCC)CC(O)CN(CCC(=O)OCCCC)CCC(=O)OCCCC. The summed E-state index contributed by atoms with van der Waals surface area (Å²) in [7, 11) is 0. The molecule has 1 N–H and O–H groups in total. The molecule has 0 aromatic carbocycles. The van der Waals surface area contributed by atoms with Crippen molar-refractivity contribution in [2.75, 3.05) is 65.7 Å². The highest BCUT2D eigenvalue weighted by atomic mass is 16.5. The second-order valence-electron chi connectivity index (χ2n) is 10.6. The van der Waals surface area contributed by atoms with E-state index >= 15 is 0 Å². The first-order valence-electron chi connectivity index (χ1n) is 16.0. The third-order valence-corrected chi connectivity index (χ3v) is 6.51. The van der Waals surface area contributed by atoms with Crippen LogP contribution in [0.1, 0.15) is 105 Å². The zero-order valence-corrected chi connectivity index (χ0v) is 26.7. The van der Waals surface area contributed by atoms with Crippen LogP contribution in [0.5, 0.6) is 0 Å². The summed E-state index contributed by atoms with van der Waals surface area (Å²) in [5.41, 5.74) is 0. The lowest BCUT2D eigenvalue weighted by atomic mass is 10.2. The van der Waals surface area contributed by atoms with Crippen LogP contribution in [0.2, 0.25) is 0 Å². The normalized spacial score (nSPS) is 11.2. The average molecular weight is 603 g/mol. The number of hydrogen-bond donors (Lipinski definition) is 1. The first-order chi connectivity index (χ1) is 20.2. The van der Waals surface area contributed by atoms with Gasteiger partial charge in [0.05, 0.1) is 58.2 Å². The molecule has 42 heavy (non-hydrogen) atoms. The number of nitrogens with zero attached hydrogens (tertiary/aromatic N) is 2. The van der Waals surface area contributed by atoms with E-state index in [-0.39, 0.29) is 62.7 Å². The minimum Gasteiger partial charge on any atom is -0.466 e. The van der Waals surface area contributed by atoms with Crippen LogP contribution in [-0.2, 0) is 38.1 Å². The van der Waals surface area contributed by atoms with E-state index in [2.05, 4.69) is 0 Å². The van der Waals surface area contributed by atoms with E-state index < -0.39 is 6.10 Å². The Hall–Kier alpha value is -2.24. The van der Waals surface area contributed by atoms with E-state index in [4.69, 9.17) is 18.9 Å². The van der Waals surface area contributed by atoms with Crippen LogP contribution in [-0.4, -0.2) is 111 Å². The summed E-state index contributed by atoms with van der Waals surface area (Å²) < 4.78 is 21.0. The van der Waals surface area contributed by atoms with Gasteiger partial charge in [-0.2, -0.15) is 0 Å². The lowest BCUT2D eigenvalue weighted by Crippen LogP contribution is -2.43. The topological polar surface area (TPSA) is 132 Å². The highest BCUT2D eigenvalue weighted by Crippen LogP contribution is 2.06. The molecule has 0 unspecified atom stereocenters. The molecule has 11 heteroatoms. The number of carbonyl (C=O) groups excluding carboxylic acids is 4. The van der Waals surface area contributed by atoms with Gasteiger partial charge < -0.3 is 24.1 Å². The predicted octanol–water partition coefficient (Wildman–Crippen LogP) is 3.88. The molecule has 0 bridgehead atoms. The van der Waals surface area contributed by atoms with Crippen molar-refractivity contribution in [2.24, 2.45) is 0 Å². The molecule has 0 atom stereocenters. The molecule has 0 aromatic rings. The molecule has 0 aromatic heterocycles. The second-order valence-corrected chi connectivity index (χ2v) is 10.6. The van der Waals surface area contributed by atoms with E-state index in [1.165, 1.54) is 0 Å². The number of unbranched alkanes of at least 4 members (excludes halogenated alkanes) is 4. The van der Waals surface area contributed by atoms with Gasteiger partial charge in [-0.15, -0.1) is 0 Å². The summed E-state index contributed by atoms with van der Waals surface area (Å²) in [4.78, 5) is 52.4. The van der Waals surface area contributed by atoms with Crippen LogP contribution >= 0.6 is 0 Å².